The zero-order valence-electron chi connectivity index (χ0n) is 16.9. The topological polar surface area (TPSA) is 93.7 Å². The average Bonchev–Trinajstić information content (AvgIpc) is 2.63. The van der Waals surface area contributed by atoms with Gasteiger partial charge in [-0.1, -0.05) is 0 Å². The van der Waals surface area contributed by atoms with Crippen molar-refractivity contribution in [1.82, 2.24) is 0 Å². The molecule has 9 heteroatoms. The van der Waals surface area contributed by atoms with E-state index in [1.54, 1.807) is 20.8 Å². The van der Waals surface area contributed by atoms with Crippen LogP contribution in [0.5, 0.6) is 0 Å². The van der Waals surface area contributed by atoms with Gasteiger partial charge in [-0.3, -0.25) is 10.1 Å². The molecule has 0 fully saturated rings. The van der Waals surface area contributed by atoms with Crippen molar-refractivity contribution < 1.29 is 32.6 Å². The first kappa shape index (κ1) is 22.8. The number of hydrogen-bond donors (Lipinski definition) is 2. The number of nitrogens with one attached hydrogen (secondary N) is 2. The zero-order chi connectivity index (χ0) is 22.5. The van der Waals surface area contributed by atoms with Crippen LogP contribution < -0.4 is 10.6 Å². The Morgan fingerprint density at radius 1 is 0.967 bits per heavy atom. The van der Waals surface area contributed by atoms with Crippen molar-refractivity contribution >= 4 is 29.3 Å². The Kier molecular flexibility index (Phi) is 7.10. The number of rotatable bonds is 5. The molecule has 0 unspecified atom stereocenters. The molecule has 160 valence electrons. The van der Waals surface area contributed by atoms with Crippen LogP contribution in [0.4, 0.5) is 25.0 Å². The van der Waals surface area contributed by atoms with Gasteiger partial charge in [0.1, 0.15) is 17.2 Å². The SMILES string of the molecule is C[C@H](OC(=O)c1ccc(NC(=O)OC(C)(C)C)cc1)C(=O)Nc1cc(F)ccc1F. The van der Waals surface area contributed by atoms with E-state index >= 15 is 0 Å². The van der Waals surface area contributed by atoms with E-state index in [9.17, 15) is 23.2 Å². The normalized spacial score (nSPS) is 11.9. The van der Waals surface area contributed by atoms with E-state index in [1.165, 1.54) is 31.2 Å². The molecule has 2 aromatic carbocycles. The third-order valence-electron chi connectivity index (χ3n) is 3.61. The maximum Gasteiger partial charge on any atom is 0.412 e. The number of halogens is 2. The number of ether oxygens (including phenoxy) is 2. The molecule has 2 rings (SSSR count). The summed E-state index contributed by atoms with van der Waals surface area (Å²) in [5.74, 6) is -3.18. The number of hydrogen-bond acceptors (Lipinski definition) is 5. The van der Waals surface area contributed by atoms with E-state index < -0.39 is 41.3 Å². The Labute approximate surface area is 172 Å². The van der Waals surface area contributed by atoms with Crippen LogP contribution in [0, 0.1) is 11.6 Å². The Morgan fingerprint density at radius 3 is 2.20 bits per heavy atom. The molecule has 0 saturated carbocycles. The highest BCUT2D eigenvalue weighted by Crippen LogP contribution is 2.17. The average molecular weight is 420 g/mol. The van der Waals surface area contributed by atoms with E-state index in [2.05, 4.69) is 10.6 Å². The summed E-state index contributed by atoms with van der Waals surface area (Å²) in [6.45, 7) is 6.48. The van der Waals surface area contributed by atoms with Gasteiger partial charge in [0.2, 0.25) is 0 Å². The largest absolute Gasteiger partial charge is 0.449 e. The van der Waals surface area contributed by atoms with Gasteiger partial charge in [0, 0.05) is 11.8 Å². The van der Waals surface area contributed by atoms with Crippen LogP contribution in [0.15, 0.2) is 42.5 Å². The quantitative estimate of drug-likeness (QED) is 0.695. The van der Waals surface area contributed by atoms with E-state index in [0.29, 0.717) is 5.69 Å². The summed E-state index contributed by atoms with van der Waals surface area (Å²) in [5.41, 5.74) is -0.492. The van der Waals surface area contributed by atoms with Gasteiger partial charge in [0.15, 0.2) is 6.10 Å². The lowest BCUT2D eigenvalue weighted by Gasteiger charge is -2.19. The standard InChI is InChI=1S/C21H22F2N2O5/c1-12(18(26)25-17-11-14(22)7-10-16(17)23)29-19(27)13-5-8-15(9-6-13)24-20(28)30-21(2,3)4/h5-12H,1-4H3,(H,24,28)(H,25,26)/t12-/m0/s1. The van der Waals surface area contributed by atoms with Gasteiger partial charge in [-0.15, -0.1) is 0 Å². The number of carbonyl (C=O) groups is 3. The molecule has 0 saturated heterocycles. The molecule has 2 aromatic rings. The first-order valence-corrected chi connectivity index (χ1v) is 9.01. The van der Waals surface area contributed by atoms with Crippen molar-refractivity contribution in [2.75, 3.05) is 10.6 Å². The number of amides is 2. The smallest absolute Gasteiger partial charge is 0.412 e. The fourth-order valence-electron chi connectivity index (χ4n) is 2.22. The third kappa shape index (κ3) is 6.84. The van der Waals surface area contributed by atoms with Crippen LogP contribution in [0.2, 0.25) is 0 Å². The Morgan fingerprint density at radius 2 is 1.60 bits per heavy atom. The second kappa shape index (κ2) is 9.34. The van der Waals surface area contributed by atoms with E-state index in [1.807, 2.05) is 0 Å². The molecule has 0 aromatic heterocycles. The molecule has 0 aliphatic rings. The summed E-state index contributed by atoms with van der Waals surface area (Å²) in [6, 6.07) is 8.32. The minimum Gasteiger partial charge on any atom is -0.449 e. The lowest BCUT2D eigenvalue weighted by molar-refractivity contribution is -0.123. The molecule has 0 heterocycles. The number of carbonyl (C=O) groups excluding carboxylic acids is 3. The molecule has 0 aliphatic heterocycles. The van der Waals surface area contributed by atoms with Crippen molar-refractivity contribution in [2.45, 2.75) is 39.4 Å². The van der Waals surface area contributed by atoms with Gasteiger partial charge in [-0.05, 0) is 64.1 Å². The summed E-state index contributed by atoms with van der Waals surface area (Å²) in [6.07, 6.45) is -1.91. The predicted molar refractivity (Wildman–Crippen MR) is 106 cm³/mol. The summed E-state index contributed by atoms with van der Waals surface area (Å²) < 4.78 is 37.0. The minimum atomic E-state index is -1.26. The van der Waals surface area contributed by atoms with Crippen molar-refractivity contribution in [2.24, 2.45) is 0 Å². The van der Waals surface area contributed by atoms with Crippen LogP contribution in [-0.4, -0.2) is 29.7 Å². The number of benzene rings is 2. The first-order chi connectivity index (χ1) is 13.9. The minimum absolute atomic E-state index is 0.126. The predicted octanol–water partition coefficient (Wildman–Crippen LogP) is 4.50. The van der Waals surface area contributed by atoms with Crippen LogP contribution in [0.1, 0.15) is 38.1 Å². The highest BCUT2D eigenvalue weighted by molar-refractivity contribution is 5.97. The lowest BCUT2D eigenvalue weighted by Crippen LogP contribution is -2.30. The maximum absolute atomic E-state index is 13.6. The van der Waals surface area contributed by atoms with Crippen LogP contribution >= 0.6 is 0 Å². The zero-order valence-corrected chi connectivity index (χ0v) is 16.9. The second-order valence-electron chi connectivity index (χ2n) is 7.37. The summed E-state index contributed by atoms with van der Waals surface area (Å²) in [4.78, 5) is 36.0. The Bertz CT molecular complexity index is 939. The van der Waals surface area contributed by atoms with E-state index in [0.717, 1.165) is 18.2 Å². The van der Waals surface area contributed by atoms with Crippen LogP contribution in [-0.2, 0) is 14.3 Å². The summed E-state index contributed by atoms with van der Waals surface area (Å²) >= 11 is 0. The van der Waals surface area contributed by atoms with Gasteiger partial charge >= 0.3 is 12.1 Å². The summed E-state index contributed by atoms with van der Waals surface area (Å²) in [5, 5.41) is 4.68. The molecule has 0 bridgehead atoms. The van der Waals surface area contributed by atoms with Crippen LogP contribution in [0.3, 0.4) is 0 Å². The fourth-order valence-corrected chi connectivity index (χ4v) is 2.22. The molecular formula is C21H22F2N2O5. The molecule has 2 amide bonds. The molecule has 0 aliphatic carbocycles. The molecule has 0 radical (unpaired) electrons. The van der Waals surface area contributed by atoms with Crippen molar-refractivity contribution in [1.29, 1.82) is 0 Å². The lowest BCUT2D eigenvalue weighted by atomic mass is 10.2. The Balaban J connectivity index is 1.94. The first-order valence-electron chi connectivity index (χ1n) is 9.01. The van der Waals surface area contributed by atoms with Crippen molar-refractivity contribution in [3.8, 4) is 0 Å². The molecule has 30 heavy (non-hydrogen) atoms. The van der Waals surface area contributed by atoms with Gasteiger partial charge in [-0.2, -0.15) is 0 Å². The van der Waals surface area contributed by atoms with E-state index in [-0.39, 0.29) is 11.3 Å². The highest BCUT2D eigenvalue weighted by Gasteiger charge is 2.21. The molecule has 7 nitrogen and oxygen atoms in total. The molecular weight excluding hydrogens is 398 g/mol. The maximum atomic E-state index is 13.6. The Hall–Kier alpha value is -3.49. The number of esters is 1. The van der Waals surface area contributed by atoms with Gasteiger partial charge in [0.05, 0.1) is 11.3 Å². The summed E-state index contributed by atoms with van der Waals surface area (Å²) in [7, 11) is 0. The van der Waals surface area contributed by atoms with Gasteiger partial charge < -0.3 is 14.8 Å². The molecule has 1 atom stereocenters. The molecule has 0 spiro atoms. The van der Waals surface area contributed by atoms with E-state index in [4.69, 9.17) is 9.47 Å². The highest BCUT2D eigenvalue weighted by atomic mass is 19.1. The fraction of sp³-hybridized carbons (Fsp3) is 0.286. The third-order valence-corrected chi connectivity index (χ3v) is 3.61. The van der Waals surface area contributed by atoms with Crippen molar-refractivity contribution in [3.63, 3.8) is 0 Å². The number of anilines is 2. The van der Waals surface area contributed by atoms with Crippen molar-refractivity contribution in [3.05, 3.63) is 59.7 Å². The van der Waals surface area contributed by atoms with Crippen LogP contribution in [0.25, 0.3) is 0 Å². The molecule has 2 N–H and O–H groups in total. The second-order valence-corrected chi connectivity index (χ2v) is 7.37. The van der Waals surface area contributed by atoms with Gasteiger partial charge in [0.25, 0.3) is 5.91 Å². The monoisotopic (exact) mass is 420 g/mol. The van der Waals surface area contributed by atoms with Gasteiger partial charge in [-0.25, -0.2) is 18.4 Å².